The quantitative estimate of drug-likeness (QED) is 0.733. The van der Waals surface area contributed by atoms with Crippen molar-refractivity contribution in [1.29, 1.82) is 0 Å². The standard InChI is InChI=1S/C21H21F2N3O/c1-13(12-26(2)3)21(27)15-8-5-4-7-14-11-18(24-25-20(14)15)19-16(22)9-6-10-17(19)23/h4-5,7-9,11-12,15H,6,10H2,1-3H3/b13-12+. The van der Waals surface area contributed by atoms with Crippen LogP contribution in [0.3, 0.4) is 0 Å². The molecule has 0 amide bonds. The molecule has 3 rings (SSSR count). The Bertz CT molecular complexity index is 923. The summed E-state index contributed by atoms with van der Waals surface area (Å²) >= 11 is 0. The maximum Gasteiger partial charge on any atom is 0.172 e. The number of carbonyl (C=O) groups excluding carboxylic acids is 1. The van der Waals surface area contributed by atoms with Crippen molar-refractivity contribution in [1.82, 2.24) is 15.1 Å². The minimum absolute atomic E-state index is 0.0962. The Kier molecular flexibility index (Phi) is 5.44. The van der Waals surface area contributed by atoms with E-state index in [9.17, 15) is 13.6 Å². The summed E-state index contributed by atoms with van der Waals surface area (Å²) in [5.41, 5.74) is 1.68. The highest BCUT2D eigenvalue weighted by atomic mass is 19.1. The van der Waals surface area contributed by atoms with Gasteiger partial charge in [0.2, 0.25) is 0 Å². The molecule has 1 aromatic rings. The van der Waals surface area contributed by atoms with Crippen molar-refractivity contribution in [3.8, 4) is 0 Å². The summed E-state index contributed by atoms with van der Waals surface area (Å²) in [5, 5.41) is 8.21. The number of aromatic nitrogens is 2. The lowest BCUT2D eigenvalue weighted by Gasteiger charge is -2.16. The number of ketones is 1. The maximum absolute atomic E-state index is 14.2. The van der Waals surface area contributed by atoms with Crippen molar-refractivity contribution in [2.24, 2.45) is 0 Å². The van der Waals surface area contributed by atoms with Crippen LogP contribution in [0.4, 0.5) is 8.78 Å². The van der Waals surface area contributed by atoms with Gasteiger partial charge in [-0.3, -0.25) is 4.79 Å². The van der Waals surface area contributed by atoms with Crippen LogP contribution < -0.4 is 0 Å². The second-order valence-corrected chi connectivity index (χ2v) is 6.80. The van der Waals surface area contributed by atoms with Crippen LogP contribution in [0.25, 0.3) is 11.6 Å². The molecule has 1 atom stereocenters. The average molecular weight is 369 g/mol. The first-order chi connectivity index (χ1) is 12.9. The van der Waals surface area contributed by atoms with E-state index in [1.54, 1.807) is 48.4 Å². The summed E-state index contributed by atoms with van der Waals surface area (Å²) in [6.45, 7) is 1.75. The smallest absolute Gasteiger partial charge is 0.172 e. The molecule has 0 aliphatic heterocycles. The number of Topliss-reactive ketones (excluding diaryl/α,β-unsaturated/α-hetero) is 1. The van der Waals surface area contributed by atoms with Crippen LogP contribution in [0.2, 0.25) is 0 Å². The molecule has 4 nitrogen and oxygen atoms in total. The number of fused-ring (bicyclic) bond motifs is 1. The summed E-state index contributed by atoms with van der Waals surface area (Å²) < 4.78 is 28.3. The monoisotopic (exact) mass is 369 g/mol. The zero-order chi connectivity index (χ0) is 19.6. The first kappa shape index (κ1) is 18.9. The van der Waals surface area contributed by atoms with E-state index in [4.69, 9.17) is 0 Å². The van der Waals surface area contributed by atoms with Crippen LogP contribution in [-0.2, 0) is 4.79 Å². The molecule has 0 fully saturated rings. The van der Waals surface area contributed by atoms with Crippen LogP contribution >= 0.6 is 0 Å². The van der Waals surface area contributed by atoms with E-state index in [1.165, 1.54) is 6.08 Å². The SMILES string of the molecule is C/C(=C\N(C)C)C(=O)C1C=CC=Cc2cc(C3=C(F)CCC=C3F)nnc21. The van der Waals surface area contributed by atoms with Gasteiger partial charge in [0.05, 0.1) is 22.9 Å². The summed E-state index contributed by atoms with van der Waals surface area (Å²) in [6.07, 6.45) is 10.7. The Morgan fingerprint density at radius 1 is 1.26 bits per heavy atom. The first-order valence-corrected chi connectivity index (χ1v) is 8.75. The maximum atomic E-state index is 14.2. The average Bonchev–Trinajstić information content (AvgIpc) is 2.82. The molecule has 0 spiro atoms. The van der Waals surface area contributed by atoms with E-state index < -0.39 is 17.6 Å². The van der Waals surface area contributed by atoms with Gasteiger partial charge in [-0.15, -0.1) is 5.10 Å². The number of hydrogen-bond donors (Lipinski definition) is 0. The number of halogens is 2. The third-order valence-corrected chi connectivity index (χ3v) is 4.42. The van der Waals surface area contributed by atoms with Crippen LogP contribution in [0.5, 0.6) is 0 Å². The molecule has 2 aliphatic rings. The van der Waals surface area contributed by atoms with Crippen molar-refractivity contribution >= 4 is 17.4 Å². The Hall–Kier alpha value is -2.89. The second kappa shape index (κ2) is 7.78. The molecular formula is C21H21F2N3O. The van der Waals surface area contributed by atoms with Gasteiger partial charge in [0.25, 0.3) is 0 Å². The number of nitrogens with zero attached hydrogens (tertiary/aromatic N) is 3. The highest BCUT2D eigenvalue weighted by molar-refractivity contribution is 6.01. The predicted molar refractivity (Wildman–Crippen MR) is 102 cm³/mol. The molecule has 6 heteroatoms. The molecule has 0 bridgehead atoms. The van der Waals surface area contributed by atoms with Crippen LogP contribution in [-0.4, -0.2) is 35.0 Å². The van der Waals surface area contributed by atoms with E-state index in [1.807, 2.05) is 14.1 Å². The van der Waals surface area contributed by atoms with Gasteiger partial charge in [-0.2, -0.15) is 5.10 Å². The lowest BCUT2D eigenvalue weighted by Crippen LogP contribution is -2.17. The topological polar surface area (TPSA) is 46.1 Å². The van der Waals surface area contributed by atoms with E-state index in [0.29, 0.717) is 23.3 Å². The molecule has 2 aliphatic carbocycles. The van der Waals surface area contributed by atoms with Crippen LogP contribution in [0.15, 0.2) is 53.8 Å². The molecule has 1 heterocycles. The Balaban J connectivity index is 2.03. The van der Waals surface area contributed by atoms with Crippen molar-refractivity contribution in [2.75, 3.05) is 14.1 Å². The van der Waals surface area contributed by atoms with E-state index in [-0.39, 0.29) is 23.5 Å². The first-order valence-electron chi connectivity index (χ1n) is 8.75. The lowest BCUT2D eigenvalue weighted by atomic mass is 9.92. The Morgan fingerprint density at radius 3 is 2.74 bits per heavy atom. The van der Waals surface area contributed by atoms with Crippen LogP contribution in [0, 0.1) is 0 Å². The summed E-state index contributed by atoms with van der Waals surface area (Å²) in [6, 6.07) is 1.59. The van der Waals surface area contributed by atoms with Gasteiger partial charge in [0.15, 0.2) is 5.78 Å². The van der Waals surface area contributed by atoms with E-state index in [2.05, 4.69) is 10.2 Å². The molecule has 0 saturated heterocycles. The van der Waals surface area contributed by atoms with Gasteiger partial charge in [-0.05, 0) is 25.5 Å². The highest BCUT2D eigenvalue weighted by Crippen LogP contribution is 2.35. The number of allylic oxidation sites excluding steroid dienone is 8. The van der Waals surface area contributed by atoms with Gasteiger partial charge >= 0.3 is 0 Å². The molecule has 0 N–H and O–H groups in total. The Labute approximate surface area is 157 Å². The van der Waals surface area contributed by atoms with Crippen LogP contribution in [0.1, 0.15) is 42.6 Å². The molecular weight excluding hydrogens is 348 g/mol. The fraction of sp³-hybridized carbons (Fsp3) is 0.286. The van der Waals surface area contributed by atoms with E-state index >= 15 is 0 Å². The van der Waals surface area contributed by atoms with Crippen molar-refractivity contribution in [2.45, 2.75) is 25.7 Å². The molecule has 0 saturated carbocycles. The fourth-order valence-corrected chi connectivity index (χ4v) is 3.19. The molecule has 0 aromatic carbocycles. The highest BCUT2D eigenvalue weighted by Gasteiger charge is 2.26. The van der Waals surface area contributed by atoms with Gasteiger partial charge in [-0.25, -0.2) is 8.78 Å². The normalized spacial score (nSPS) is 19.5. The molecule has 0 radical (unpaired) electrons. The molecule has 140 valence electrons. The second-order valence-electron chi connectivity index (χ2n) is 6.80. The van der Waals surface area contributed by atoms with Crippen molar-refractivity contribution in [3.63, 3.8) is 0 Å². The summed E-state index contributed by atoms with van der Waals surface area (Å²) in [7, 11) is 3.69. The number of rotatable bonds is 4. The zero-order valence-electron chi connectivity index (χ0n) is 15.5. The third kappa shape index (κ3) is 3.94. The molecule has 1 aromatic heterocycles. The zero-order valence-corrected chi connectivity index (χ0v) is 15.5. The predicted octanol–water partition coefficient (Wildman–Crippen LogP) is 4.51. The number of carbonyl (C=O) groups is 1. The van der Waals surface area contributed by atoms with Crippen molar-refractivity contribution < 1.29 is 13.6 Å². The fourth-order valence-electron chi connectivity index (χ4n) is 3.19. The summed E-state index contributed by atoms with van der Waals surface area (Å²) in [5.74, 6) is -1.85. The van der Waals surface area contributed by atoms with Gasteiger partial charge in [-0.1, -0.05) is 24.3 Å². The summed E-state index contributed by atoms with van der Waals surface area (Å²) in [4.78, 5) is 14.7. The van der Waals surface area contributed by atoms with Gasteiger partial charge < -0.3 is 4.90 Å². The van der Waals surface area contributed by atoms with Gasteiger partial charge in [0.1, 0.15) is 11.7 Å². The third-order valence-electron chi connectivity index (χ3n) is 4.42. The molecule has 27 heavy (non-hydrogen) atoms. The van der Waals surface area contributed by atoms with E-state index in [0.717, 1.165) is 0 Å². The van der Waals surface area contributed by atoms with Gasteiger partial charge in [0, 0.05) is 37.9 Å². The minimum atomic E-state index is -0.624. The number of hydrogen-bond acceptors (Lipinski definition) is 4. The lowest BCUT2D eigenvalue weighted by molar-refractivity contribution is -0.116. The van der Waals surface area contributed by atoms with Crippen molar-refractivity contribution in [3.05, 3.63) is 70.7 Å². The molecule has 1 unspecified atom stereocenters. The minimum Gasteiger partial charge on any atom is -0.383 e. The Morgan fingerprint density at radius 2 is 2.04 bits per heavy atom. The largest absolute Gasteiger partial charge is 0.383 e.